The number of amides is 2. The van der Waals surface area contributed by atoms with Crippen LogP contribution in [0.2, 0.25) is 0 Å². The third-order valence-corrected chi connectivity index (χ3v) is 7.37. The molecule has 8 heteroatoms. The lowest BCUT2D eigenvalue weighted by atomic mass is 9.93. The number of anilines is 1. The van der Waals surface area contributed by atoms with Crippen molar-refractivity contribution in [2.75, 3.05) is 24.0 Å². The molecule has 0 aliphatic carbocycles. The molecule has 0 radical (unpaired) electrons. The van der Waals surface area contributed by atoms with Gasteiger partial charge < -0.3 is 15.0 Å². The maximum absolute atomic E-state index is 13.6. The van der Waals surface area contributed by atoms with Crippen molar-refractivity contribution in [2.45, 2.75) is 25.9 Å². The quantitative estimate of drug-likeness (QED) is 0.226. The Kier molecular flexibility index (Phi) is 10.3. The van der Waals surface area contributed by atoms with Crippen molar-refractivity contribution in [3.05, 3.63) is 120 Å². The fourth-order valence-electron chi connectivity index (χ4n) is 4.56. The van der Waals surface area contributed by atoms with Crippen molar-refractivity contribution in [3.8, 4) is 11.1 Å². The second-order valence-corrected chi connectivity index (χ2v) is 10.5. The Hall–Kier alpha value is -4.43. The van der Waals surface area contributed by atoms with Crippen LogP contribution >= 0.6 is 11.8 Å². The highest BCUT2D eigenvalue weighted by Crippen LogP contribution is 2.30. The van der Waals surface area contributed by atoms with Gasteiger partial charge in [0.15, 0.2) is 0 Å². The van der Waals surface area contributed by atoms with Gasteiger partial charge >= 0.3 is 5.97 Å². The number of rotatable bonds is 11. The Morgan fingerprint density at radius 3 is 2.39 bits per heavy atom. The molecule has 1 unspecified atom stereocenters. The highest BCUT2D eigenvalue weighted by Gasteiger charge is 2.25. The third kappa shape index (κ3) is 7.41. The molecule has 4 aromatic rings. The number of methoxy groups -OCH3 is 1. The second kappa shape index (κ2) is 14.3. The third-order valence-electron chi connectivity index (χ3n) is 6.73. The molecule has 0 fully saturated rings. The number of aromatic nitrogens is 1. The molecule has 3 aromatic carbocycles. The summed E-state index contributed by atoms with van der Waals surface area (Å²) in [4.78, 5) is 45.5. The number of hydrogen-bond donors (Lipinski definition) is 1. The molecule has 210 valence electrons. The average molecular weight is 568 g/mol. The minimum absolute atomic E-state index is 0.160. The monoisotopic (exact) mass is 567 g/mol. The van der Waals surface area contributed by atoms with Crippen molar-refractivity contribution in [1.29, 1.82) is 0 Å². The average Bonchev–Trinajstić information content (AvgIpc) is 3.02. The fourth-order valence-corrected chi connectivity index (χ4v) is 5.03. The first kappa shape index (κ1) is 29.6. The van der Waals surface area contributed by atoms with Gasteiger partial charge in [-0.3, -0.25) is 14.6 Å². The number of benzene rings is 3. The topological polar surface area (TPSA) is 88.6 Å². The number of carbonyl (C=O) groups excluding carboxylic acids is 3. The van der Waals surface area contributed by atoms with Gasteiger partial charge in [0, 0.05) is 17.3 Å². The zero-order chi connectivity index (χ0) is 29.2. The van der Waals surface area contributed by atoms with E-state index in [4.69, 9.17) is 4.74 Å². The van der Waals surface area contributed by atoms with Crippen LogP contribution in [0.25, 0.3) is 11.1 Å². The van der Waals surface area contributed by atoms with Crippen molar-refractivity contribution in [1.82, 2.24) is 10.3 Å². The van der Waals surface area contributed by atoms with Gasteiger partial charge in [0.2, 0.25) is 0 Å². The van der Waals surface area contributed by atoms with E-state index >= 15 is 0 Å². The van der Waals surface area contributed by atoms with E-state index in [0.29, 0.717) is 34.6 Å². The molecule has 1 N–H and O–H groups in total. The van der Waals surface area contributed by atoms with E-state index in [1.807, 2.05) is 73.8 Å². The van der Waals surface area contributed by atoms with Gasteiger partial charge in [-0.25, -0.2) is 4.79 Å². The maximum atomic E-state index is 13.6. The Morgan fingerprint density at radius 2 is 1.71 bits per heavy atom. The molecule has 0 aliphatic heterocycles. The summed E-state index contributed by atoms with van der Waals surface area (Å²) >= 11 is 1.59. The van der Waals surface area contributed by atoms with E-state index < -0.39 is 12.0 Å². The molecule has 1 heterocycles. The van der Waals surface area contributed by atoms with E-state index in [9.17, 15) is 14.4 Å². The van der Waals surface area contributed by atoms with Crippen molar-refractivity contribution < 1.29 is 19.1 Å². The van der Waals surface area contributed by atoms with Gasteiger partial charge in [-0.2, -0.15) is 11.8 Å². The lowest BCUT2D eigenvalue weighted by Crippen LogP contribution is -2.42. The molecule has 4 rings (SSSR count). The zero-order valence-corrected chi connectivity index (χ0v) is 24.2. The number of hydrogen-bond acceptors (Lipinski definition) is 6. The molecular weight excluding hydrogens is 534 g/mol. The first-order valence-electron chi connectivity index (χ1n) is 13.3. The predicted molar refractivity (Wildman–Crippen MR) is 164 cm³/mol. The molecule has 1 aromatic heterocycles. The number of nitrogens with zero attached hydrogens (tertiary/aromatic N) is 2. The minimum Gasteiger partial charge on any atom is -0.467 e. The summed E-state index contributed by atoms with van der Waals surface area (Å²) < 4.78 is 4.94. The standard InChI is InChI=1S/C33H33N3O4S/c1-23-10-7-8-14-27(23)29-20-24(15-16-28(29)31(37)35-30(17-19-41-3)33(39)40-2)22-36(26-13-9-18-34-21-26)32(38)25-11-5-4-6-12-25/h4-16,18,20-21,30H,17,19,22H2,1-3H3,(H,35,37). The van der Waals surface area contributed by atoms with E-state index in [-0.39, 0.29) is 18.4 Å². The molecule has 7 nitrogen and oxygen atoms in total. The zero-order valence-electron chi connectivity index (χ0n) is 23.4. The van der Waals surface area contributed by atoms with Gasteiger partial charge in [-0.1, -0.05) is 48.5 Å². The maximum Gasteiger partial charge on any atom is 0.328 e. The van der Waals surface area contributed by atoms with Gasteiger partial charge in [-0.15, -0.1) is 0 Å². The number of ether oxygens (including phenoxy) is 1. The molecule has 1 atom stereocenters. The second-order valence-electron chi connectivity index (χ2n) is 9.49. The predicted octanol–water partition coefficient (Wildman–Crippen LogP) is 5.93. The van der Waals surface area contributed by atoms with E-state index in [2.05, 4.69) is 10.3 Å². The SMILES string of the molecule is COC(=O)C(CCSC)NC(=O)c1ccc(CN(C(=O)c2ccccc2)c2cccnc2)cc1-c1ccccc1C. The molecule has 0 bridgehead atoms. The largest absolute Gasteiger partial charge is 0.467 e. The number of esters is 1. The van der Waals surface area contributed by atoms with Gasteiger partial charge in [-0.05, 0) is 84.0 Å². The molecule has 0 saturated carbocycles. The summed E-state index contributed by atoms with van der Waals surface area (Å²) in [7, 11) is 1.32. The van der Waals surface area contributed by atoms with Gasteiger partial charge in [0.25, 0.3) is 11.8 Å². The van der Waals surface area contributed by atoms with Crippen molar-refractivity contribution in [3.63, 3.8) is 0 Å². The Labute approximate surface area is 245 Å². The van der Waals surface area contributed by atoms with E-state index in [1.54, 1.807) is 53.3 Å². The summed E-state index contributed by atoms with van der Waals surface area (Å²) in [5, 5.41) is 2.87. The van der Waals surface area contributed by atoms with Crippen LogP contribution < -0.4 is 10.2 Å². The summed E-state index contributed by atoms with van der Waals surface area (Å²) in [6.45, 7) is 2.25. The van der Waals surface area contributed by atoms with Crippen LogP contribution in [-0.4, -0.2) is 47.9 Å². The molecule has 0 saturated heterocycles. The molecule has 0 spiro atoms. The van der Waals surface area contributed by atoms with Gasteiger partial charge in [0.05, 0.1) is 25.5 Å². The normalized spacial score (nSPS) is 11.4. The first-order valence-corrected chi connectivity index (χ1v) is 14.7. The van der Waals surface area contributed by atoms with Crippen LogP contribution in [0.15, 0.2) is 97.3 Å². The number of carbonyl (C=O) groups is 3. The summed E-state index contributed by atoms with van der Waals surface area (Å²) in [5.74, 6) is -0.306. The lowest BCUT2D eigenvalue weighted by molar-refractivity contribution is -0.142. The first-order chi connectivity index (χ1) is 19.9. The fraction of sp³-hybridized carbons (Fsp3) is 0.212. The van der Waals surface area contributed by atoms with Crippen LogP contribution in [0.4, 0.5) is 5.69 Å². The number of nitrogens with one attached hydrogen (secondary N) is 1. The van der Waals surface area contributed by atoms with Gasteiger partial charge in [0.1, 0.15) is 6.04 Å². The molecular formula is C33H33N3O4S. The summed E-state index contributed by atoms with van der Waals surface area (Å²) in [6, 6.07) is 25.3. The van der Waals surface area contributed by atoms with Crippen LogP contribution in [0.5, 0.6) is 0 Å². The molecule has 2 amide bonds. The van der Waals surface area contributed by atoms with Crippen LogP contribution in [0, 0.1) is 6.92 Å². The van der Waals surface area contributed by atoms with Crippen LogP contribution in [-0.2, 0) is 16.1 Å². The van der Waals surface area contributed by atoms with Crippen LogP contribution in [0.1, 0.15) is 38.3 Å². The van der Waals surface area contributed by atoms with Crippen LogP contribution in [0.3, 0.4) is 0 Å². The lowest BCUT2D eigenvalue weighted by Gasteiger charge is -2.24. The number of pyridine rings is 1. The smallest absolute Gasteiger partial charge is 0.328 e. The minimum atomic E-state index is -0.756. The number of thioether (sulfide) groups is 1. The number of aryl methyl sites for hydroxylation is 1. The molecule has 0 aliphatic rings. The Bertz CT molecular complexity index is 1500. The molecule has 41 heavy (non-hydrogen) atoms. The van der Waals surface area contributed by atoms with Crippen molar-refractivity contribution >= 4 is 35.2 Å². The Balaban J connectivity index is 1.74. The van der Waals surface area contributed by atoms with Crippen molar-refractivity contribution in [2.24, 2.45) is 0 Å². The Morgan fingerprint density at radius 1 is 0.951 bits per heavy atom. The summed E-state index contributed by atoms with van der Waals surface area (Å²) in [6.07, 6.45) is 5.73. The van der Waals surface area contributed by atoms with E-state index in [1.165, 1.54) is 7.11 Å². The van der Waals surface area contributed by atoms with E-state index in [0.717, 1.165) is 16.7 Å². The highest BCUT2D eigenvalue weighted by molar-refractivity contribution is 7.98. The summed E-state index contributed by atoms with van der Waals surface area (Å²) in [5.41, 5.74) is 5.09. The highest BCUT2D eigenvalue weighted by atomic mass is 32.2.